The van der Waals surface area contributed by atoms with Crippen LogP contribution >= 0.6 is 35.7 Å². The third-order valence-electron chi connectivity index (χ3n) is 3.44. The summed E-state index contributed by atoms with van der Waals surface area (Å²) in [6, 6.07) is 0. The van der Waals surface area contributed by atoms with Crippen LogP contribution in [0, 0.1) is 0 Å². The number of hydrogen-bond acceptors (Lipinski definition) is 3. The monoisotopic (exact) mass is 385 g/mol. The summed E-state index contributed by atoms with van der Waals surface area (Å²) in [5, 5.41) is 0. The lowest BCUT2D eigenvalue weighted by atomic mass is 10.1. The van der Waals surface area contributed by atoms with Crippen LogP contribution in [0.5, 0.6) is 0 Å². The molecule has 2 N–H and O–H groups in total. The first-order valence-corrected chi connectivity index (χ1v) is 7.38. The van der Waals surface area contributed by atoms with Crippen LogP contribution in [0.2, 0.25) is 0 Å². The maximum atomic E-state index is 6.06. The standard InChI is InChI=1S/C12H23N3OS.HI/c1-10-8-15(5-6-16-10)11(13)14-9-12(2)4-3-7-17-12;/h10H,3-9H2,1-2H3,(H2,13,14);1H. The van der Waals surface area contributed by atoms with Crippen molar-refractivity contribution in [1.29, 1.82) is 0 Å². The summed E-state index contributed by atoms with van der Waals surface area (Å²) >= 11 is 2.03. The van der Waals surface area contributed by atoms with Gasteiger partial charge in [0.2, 0.25) is 0 Å². The molecule has 18 heavy (non-hydrogen) atoms. The van der Waals surface area contributed by atoms with Crippen molar-refractivity contribution in [3.8, 4) is 0 Å². The van der Waals surface area contributed by atoms with Crippen LogP contribution in [0.25, 0.3) is 0 Å². The molecule has 2 unspecified atom stereocenters. The van der Waals surface area contributed by atoms with Gasteiger partial charge in [-0.15, -0.1) is 24.0 Å². The van der Waals surface area contributed by atoms with Gasteiger partial charge in [0.15, 0.2) is 5.96 Å². The molecular weight excluding hydrogens is 361 g/mol. The van der Waals surface area contributed by atoms with Gasteiger partial charge in [0.25, 0.3) is 0 Å². The number of halogens is 1. The summed E-state index contributed by atoms with van der Waals surface area (Å²) in [6.07, 6.45) is 2.83. The Morgan fingerprint density at radius 2 is 2.39 bits per heavy atom. The van der Waals surface area contributed by atoms with Gasteiger partial charge >= 0.3 is 0 Å². The molecule has 0 aromatic heterocycles. The number of nitrogens with two attached hydrogens (primary N) is 1. The van der Waals surface area contributed by atoms with Gasteiger partial charge in [-0.25, -0.2) is 0 Å². The van der Waals surface area contributed by atoms with E-state index in [1.54, 1.807) is 0 Å². The van der Waals surface area contributed by atoms with Crippen molar-refractivity contribution < 1.29 is 4.74 Å². The lowest BCUT2D eigenvalue weighted by Gasteiger charge is -2.32. The second kappa shape index (κ2) is 7.19. The van der Waals surface area contributed by atoms with Gasteiger partial charge in [0.1, 0.15) is 0 Å². The zero-order valence-corrected chi connectivity index (χ0v) is 14.4. The predicted octanol–water partition coefficient (Wildman–Crippen LogP) is 1.93. The van der Waals surface area contributed by atoms with Crippen LogP contribution in [-0.4, -0.2) is 53.7 Å². The van der Waals surface area contributed by atoms with Crippen LogP contribution in [0.15, 0.2) is 4.99 Å². The highest BCUT2D eigenvalue weighted by Gasteiger charge is 2.29. The van der Waals surface area contributed by atoms with E-state index in [-0.39, 0.29) is 30.1 Å². The van der Waals surface area contributed by atoms with Gasteiger partial charge in [-0.2, -0.15) is 11.8 Å². The summed E-state index contributed by atoms with van der Waals surface area (Å²) in [7, 11) is 0. The molecule has 0 spiro atoms. The summed E-state index contributed by atoms with van der Waals surface area (Å²) in [4.78, 5) is 6.72. The molecule has 0 aromatic rings. The minimum atomic E-state index is 0. The second-order valence-corrected chi connectivity index (χ2v) is 6.89. The molecule has 2 aliphatic rings. The Morgan fingerprint density at radius 3 is 3.00 bits per heavy atom. The molecule has 0 radical (unpaired) electrons. The van der Waals surface area contributed by atoms with Gasteiger partial charge < -0.3 is 15.4 Å². The fourth-order valence-electron chi connectivity index (χ4n) is 2.34. The molecule has 6 heteroatoms. The molecule has 2 aliphatic heterocycles. The molecule has 2 heterocycles. The van der Waals surface area contributed by atoms with Gasteiger partial charge in [0.05, 0.1) is 19.3 Å². The number of guanidine groups is 1. The van der Waals surface area contributed by atoms with Crippen molar-refractivity contribution in [2.45, 2.75) is 37.5 Å². The Balaban J connectivity index is 0.00000162. The molecule has 0 aromatic carbocycles. The summed E-state index contributed by atoms with van der Waals surface area (Å²) in [5.41, 5.74) is 6.06. The molecule has 2 saturated heterocycles. The highest BCUT2D eigenvalue weighted by Crippen LogP contribution is 2.37. The first-order valence-electron chi connectivity index (χ1n) is 6.39. The van der Waals surface area contributed by atoms with E-state index < -0.39 is 0 Å². The van der Waals surface area contributed by atoms with Gasteiger partial charge in [-0.05, 0) is 32.4 Å². The van der Waals surface area contributed by atoms with Crippen molar-refractivity contribution >= 4 is 41.7 Å². The number of hydrogen-bond donors (Lipinski definition) is 1. The van der Waals surface area contributed by atoms with E-state index in [0.29, 0.717) is 10.7 Å². The van der Waals surface area contributed by atoms with E-state index in [9.17, 15) is 0 Å². The van der Waals surface area contributed by atoms with Gasteiger partial charge in [-0.1, -0.05) is 0 Å². The topological polar surface area (TPSA) is 50.8 Å². The molecule has 106 valence electrons. The smallest absolute Gasteiger partial charge is 0.191 e. The number of rotatable bonds is 2. The zero-order chi connectivity index (χ0) is 12.3. The van der Waals surface area contributed by atoms with Crippen molar-refractivity contribution in [3.63, 3.8) is 0 Å². The largest absolute Gasteiger partial charge is 0.375 e. The molecule has 4 nitrogen and oxygen atoms in total. The number of morpholine rings is 1. The summed E-state index contributed by atoms with van der Waals surface area (Å²) < 4.78 is 5.81. The third-order valence-corrected chi connectivity index (χ3v) is 4.96. The van der Waals surface area contributed by atoms with Crippen LogP contribution in [0.3, 0.4) is 0 Å². The van der Waals surface area contributed by atoms with Crippen LogP contribution in [-0.2, 0) is 4.74 Å². The molecule has 0 aliphatic carbocycles. The lowest BCUT2D eigenvalue weighted by Crippen LogP contribution is -2.48. The van der Waals surface area contributed by atoms with Crippen LogP contribution in [0.1, 0.15) is 26.7 Å². The number of thioether (sulfide) groups is 1. The van der Waals surface area contributed by atoms with Crippen LogP contribution < -0.4 is 5.73 Å². The predicted molar refractivity (Wildman–Crippen MR) is 89.0 cm³/mol. The third kappa shape index (κ3) is 4.45. The Labute approximate surface area is 131 Å². The zero-order valence-electron chi connectivity index (χ0n) is 11.2. The summed E-state index contributed by atoms with van der Waals surface area (Å²) in [6.45, 7) is 7.69. The maximum Gasteiger partial charge on any atom is 0.191 e. The summed E-state index contributed by atoms with van der Waals surface area (Å²) in [5.74, 6) is 1.95. The molecule has 2 fully saturated rings. The van der Waals surface area contributed by atoms with Crippen molar-refractivity contribution in [2.75, 3.05) is 32.0 Å². The average molecular weight is 385 g/mol. The minimum Gasteiger partial charge on any atom is -0.375 e. The first kappa shape index (κ1) is 16.4. The fourth-order valence-corrected chi connectivity index (χ4v) is 3.56. The maximum absolute atomic E-state index is 6.06. The first-order chi connectivity index (χ1) is 8.09. The van der Waals surface area contributed by atoms with Gasteiger partial charge in [0, 0.05) is 17.8 Å². The molecule has 2 atom stereocenters. The number of aliphatic imine (C=N–C) groups is 1. The number of ether oxygens (including phenoxy) is 1. The van der Waals surface area contributed by atoms with Crippen LogP contribution in [0.4, 0.5) is 0 Å². The Hall–Kier alpha value is 0.310. The quantitative estimate of drug-likeness (QED) is 0.448. The molecule has 0 bridgehead atoms. The minimum absolute atomic E-state index is 0. The van der Waals surface area contributed by atoms with Crippen molar-refractivity contribution in [1.82, 2.24) is 4.90 Å². The molecular formula is C12H24IN3OS. The van der Waals surface area contributed by atoms with E-state index in [1.165, 1.54) is 18.6 Å². The normalized spacial score (nSPS) is 33.3. The SMILES string of the molecule is CC1CN(C(N)=NCC2(C)CCCS2)CCO1.I. The Kier molecular flexibility index (Phi) is 6.54. The van der Waals surface area contributed by atoms with Crippen molar-refractivity contribution in [3.05, 3.63) is 0 Å². The van der Waals surface area contributed by atoms with E-state index in [2.05, 4.69) is 23.7 Å². The van der Waals surface area contributed by atoms with E-state index >= 15 is 0 Å². The Bertz CT molecular complexity index is 295. The second-order valence-electron chi connectivity index (χ2n) is 5.20. The molecule has 2 rings (SSSR count). The van der Waals surface area contributed by atoms with Crippen molar-refractivity contribution in [2.24, 2.45) is 10.7 Å². The highest BCUT2D eigenvalue weighted by atomic mass is 127. The fraction of sp³-hybridized carbons (Fsp3) is 0.917. The van der Waals surface area contributed by atoms with Gasteiger partial charge in [-0.3, -0.25) is 4.99 Å². The highest BCUT2D eigenvalue weighted by molar-refractivity contribution is 14.0. The van der Waals surface area contributed by atoms with E-state index in [1.807, 2.05) is 11.8 Å². The molecule has 0 saturated carbocycles. The Morgan fingerprint density at radius 1 is 1.61 bits per heavy atom. The molecule has 0 amide bonds. The number of nitrogens with zero attached hydrogens (tertiary/aromatic N) is 2. The average Bonchev–Trinajstić information content (AvgIpc) is 2.74. The van der Waals surface area contributed by atoms with E-state index in [0.717, 1.165) is 26.2 Å². The lowest BCUT2D eigenvalue weighted by molar-refractivity contribution is 0.00529. The van der Waals surface area contributed by atoms with E-state index in [4.69, 9.17) is 10.5 Å².